The second-order valence-electron chi connectivity index (χ2n) is 12.6. The van der Waals surface area contributed by atoms with Gasteiger partial charge in [0.1, 0.15) is 5.69 Å². The molecule has 1 saturated carbocycles. The second-order valence-corrected chi connectivity index (χ2v) is 13.8. The summed E-state index contributed by atoms with van der Waals surface area (Å²) >= 11 is 14.2. The first-order valence-corrected chi connectivity index (χ1v) is 16.0. The monoisotopic (exact) mass is 750 g/mol. The minimum absolute atomic E-state index is 0.00382. The number of alkyl halides is 2. The lowest BCUT2D eigenvalue weighted by atomic mass is 9.56. The number of amides is 4. The number of carbonyl (C=O) groups is 4. The van der Waals surface area contributed by atoms with Crippen molar-refractivity contribution in [3.05, 3.63) is 88.8 Å². The number of rotatable bonds is 5. The standard InChI is InChI=1S/C33H22BCl2F5N2O8/c1-51-19-8-5-12(9-18(19)44)21-15-6-7-16-20(29(46)42(28(16)45)14-4-2-3-13(10-14)34(49)50)17(15)11-32(35)30(47)43(31(48)33(21,32)36)27-25(40)23(38)22(37)24(39)26(27)41/h2-6,8-10,16-17,20-21,44,49-50H,7,11H2,1H3. The molecular formula is C33H22BCl2F5N2O8. The van der Waals surface area contributed by atoms with Gasteiger partial charge in [0, 0.05) is 5.92 Å². The minimum Gasteiger partial charge on any atom is -0.504 e. The molecule has 7 rings (SSSR count). The van der Waals surface area contributed by atoms with Gasteiger partial charge in [-0.2, -0.15) is 0 Å². The summed E-state index contributed by atoms with van der Waals surface area (Å²) in [5.41, 5.74) is -1.78. The van der Waals surface area contributed by atoms with Gasteiger partial charge in [0.2, 0.25) is 17.6 Å². The Balaban J connectivity index is 1.42. The number of halogens is 7. The number of hydrogen-bond donors (Lipinski definition) is 3. The smallest absolute Gasteiger partial charge is 0.488 e. The van der Waals surface area contributed by atoms with E-state index in [0.29, 0.717) is 0 Å². The van der Waals surface area contributed by atoms with Crippen LogP contribution < -0.4 is 20.0 Å². The van der Waals surface area contributed by atoms with E-state index in [4.69, 9.17) is 27.9 Å². The molecule has 3 aromatic rings. The fourth-order valence-corrected chi connectivity index (χ4v) is 8.84. The third kappa shape index (κ3) is 4.55. The lowest BCUT2D eigenvalue weighted by Crippen LogP contribution is -2.60. The number of methoxy groups -OCH3 is 1. The molecular weight excluding hydrogens is 729 g/mol. The first-order valence-electron chi connectivity index (χ1n) is 15.2. The van der Waals surface area contributed by atoms with E-state index in [1.165, 1.54) is 49.6 Å². The average Bonchev–Trinajstić information content (AvgIpc) is 3.44. The van der Waals surface area contributed by atoms with Gasteiger partial charge in [0.15, 0.2) is 44.5 Å². The Kier molecular flexibility index (Phi) is 8.06. The quantitative estimate of drug-likeness (QED) is 0.0684. The van der Waals surface area contributed by atoms with Crippen molar-refractivity contribution in [2.24, 2.45) is 17.8 Å². The summed E-state index contributed by atoms with van der Waals surface area (Å²) in [4.78, 5) is 51.6. The molecule has 2 heterocycles. The van der Waals surface area contributed by atoms with Gasteiger partial charge in [-0.1, -0.05) is 29.8 Å². The van der Waals surface area contributed by atoms with Gasteiger partial charge in [0.05, 0.1) is 24.6 Å². The molecule has 51 heavy (non-hydrogen) atoms. The largest absolute Gasteiger partial charge is 0.504 e. The minimum atomic E-state index is -2.76. The van der Waals surface area contributed by atoms with Crippen molar-refractivity contribution in [2.75, 3.05) is 16.9 Å². The van der Waals surface area contributed by atoms with Crippen LogP contribution in [0, 0.1) is 46.8 Å². The van der Waals surface area contributed by atoms with Gasteiger partial charge in [0.25, 0.3) is 11.8 Å². The van der Waals surface area contributed by atoms with Crippen LogP contribution in [-0.2, 0) is 19.2 Å². The van der Waals surface area contributed by atoms with E-state index in [2.05, 4.69) is 0 Å². The molecule has 0 radical (unpaired) electrons. The number of imide groups is 2. The van der Waals surface area contributed by atoms with Crippen LogP contribution in [0.3, 0.4) is 0 Å². The molecule has 4 amide bonds. The van der Waals surface area contributed by atoms with Gasteiger partial charge in [-0.15, -0.1) is 23.2 Å². The molecule has 6 atom stereocenters. The van der Waals surface area contributed by atoms with Gasteiger partial charge < -0.3 is 19.9 Å². The van der Waals surface area contributed by atoms with E-state index in [9.17, 15) is 47.5 Å². The molecule has 0 aromatic heterocycles. The Morgan fingerprint density at radius 2 is 1.49 bits per heavy atom. The van der Waals surface area contributed by atoms with E-state index in [0.717, 1.165) is 11.0 Å². The Morgan fingerprint density at radius 1 is 0.843 bits per heavy atom. The molecule has 2 aliphatic heterocycles. The number of nitrogens with zero attached hydrogens (tertiary/aromatic N) is 2. The molecule has 0 bridgehead atoms. The van der Waals surface area contributed by atoms with Crippen LogP contribution in [0.4, 0.5) is 33.3 Å². The normalized spacial score (nSPS) is 28.5. The first-order chi connectivity index (χ1) is 24.0. The van der Waals surface area contributed by atoms with Crippen LogP contribution in [0.1, 0.15) is 24.3 Å². The number of aromatic hydroxyl groups is 1. The predicted molar refractivity (Wildman–Crippen MR) is 170 cm³/mol. The molecule has 18 heteroatoms. The average molecular weight is 751 g/mol. The maximum absolute atomic E-state index is 15.2. The zero-order valence-electron chi connectivity index (χ0n) is 25.8. The summed E-state index contributed by atoms with van der Waals surface area (Å²) in [6.45, 7) is 0. The zero-order valence-corrected chi connectivity index (χ0v) is 27.4. The number of ether oxygens (including phenoxy) is 1. The van der Waals surface area contributed by atoms with Crippen molar-refractivity contribution in [1.29, 1.82) is 0 Å². The number of allylic oxidation sites excluding steroid dienone is 2. The number of fused-ring (bicyclic) bond motifs is 4. The molecule has 2 aliphatic carbocycles. The van der Waals surface area contributed by atoms with Crippen molar-refractivity contribution in [1.82, 2.24) is 0 Å². The third-order valence-corrected chi connectivity index (χ3v) is 11.6. The van der Waals surface area contributed by atoms with Crippen molar-refractivity contribution >= 4 is 70.8 Å². The summed E-state index contributed by atoms with van der Waals surface area (Å²) in [7, 11) is -0.693. The van der Waals surface area contributed by atoms with E-state index in [-0.39, 0.29) is 39.4 Å². The van der Waals surface area contributed by atoms with Crippen LogP contribution in [-0.4, -0.2) is 62.8 Å². The predicted octanol–water partition coefficient (Wildman–Crippen LogP) is 3.54. The van der Waals surface area contributed by atoms with Crippen LogP contribution >= 0.6 is 23.2 Å². The number of phenols is 1. The Labute approximate surface area is 294 Å². The highest BCUT2D eigenvalue weighted by molar-refractivity contribution is 6.59. The number of benzene rings is 3. The van der Waals surface area contributed by atoms with Crippen LogP contribution in [0.25, 0.3) is 0 Å². The molecule has 2 saturated heterocycles. The maximum atomic E-state index is 15.2. The van der Waals surface area contributed by atoms with E-state index < -0.39 is 111 Å². The molecule has 4 aliphatic rings. The number of hydrogen-bond acceptors (Lipinski definition) is 8. The van der Waals surface area contributed by atoms with Crippen LogP contribution in [0.2, 0.25) is 0 Å². The third-order valence-electron chi connectivity index (χ3n) is 10.2. The Bertz CT molecular complexity index is 2110. The molecule has 3 aromatic carbocycles. The highest BCUT2D eigenvalue weighted by atomic mass is 35.5. The van der Waals surface area contributed by atoms with Gasteiger partial charge >= 0.3 is 7.12 Å². The van der Waals surface area contributed by atoms with Gasteiger partial charge in [-0.25, -0.2) is 26.9 Å². The van der Waals surface area contributed by atoms with Crippen LogP contribution in [0.15, 0.2) is 54.1 Å². The summed E-state index contributed by atoms with van der Waals surface area (Å²) < 4.78 is 78.4. The van der Waals surface area contributed by atoms with Gasteiger partial charge in [-0.3, -0.25) is 24.1 Å². The Morgan fingerprint density at radius 3 is 2.10 bits per heavy atom. The summed E-state index contributed by atoms with van der Waals surface area (Å²) in [6.07, 6.45) is 0.659. The van der Waals surface area contributed by atoms with Gasteiger partial charge in [-0.05, 0) is 54.1 Å². The zero-order chi connectivity index (χ0) is 37.1. The molecule has 264 valence electrons. The van der Waals surface area contributed by atoms with E-state index in [1.807, 2.05) is 0 Å². The molecule has 0 spiro atoms. The van der Waals surface area contributed by atoms with Crippen molar-refractivity contribution in [3.8, 4) is 11.5 Å². The lowest BCUT2D eigenvalue weighted by molar-refractivity contribution is -0.125. The topological polar surface area (TPSA) is 145 Å². The molecule has 3 fully saturated rings. The van der Waals surface area contributed by atoms with Crippen molar-refractivity contribution < 1.29 is 61.0 Å². The number of carbonyl (C=O) groups excluding carboxylic acids is 4. The summed E-state index contributed by atoms with van der Waals surface area (Å²) in [5.74, 6) is -22.9. The van der Waals surface area contributed by atoms with Crippen LogP contribution in [0.5, 0.6) is 11.5 Å². The Hall–Kier alpha value is -4.51. The molecule has 3 N–H and O–H groups in total. The second kappa shape index (κ2) is 11.8. The number of phenolic OH excluding ortho intramolecular Hbond substituents is 1. The van der Waals surface area contributed by atoms with E-state index in [1.54, 1.807) is 0 Å². The maximum Gasteiger partial charge on any atom is 0.488 e. The molecule has 10 nitrogen and oxygen atoms in total. The fraction of sp³-hybridized carbons (Fsp3) is 0.273. The van der Waals surface area contributed by atoms with Crippen molar-refractivity contribution in [3.63, 3.8) is 0 Å². The molecule has 6 unspecified atom stereocenters. The SMILES string of the molecule is COc1ccc(C2C3=CCC4C(=O)N(c5cccc(B(O)O)c5)C(=O)C4C3CC3(Cl)C(=O)N(c4c(F)c(F)c(F)c(F)c4F)C(=O)C23Cl)cc1O. The highest BCUT2D eigenvalue weighted by Crippen LogP contribution is 2.66. The summed E-state index contributed by atoms with van der Waals surface area (Å²) in [6, 6.07) is 9.04. The summed E-state index contributed by atoms with van der Waals surface area (Å²) in [5, 5.41) is 30.1. The van der Waals surface area contributed by atoms with E-state index >= 15 is 8.78 Å². The first kappa shape index (κ1) is 34.9. The highest BCUT2D eigenvalue weighted by Gasteiger charge is 2.77. The lowest BCUT2D eigenvalue weighted by Gasteiger charge is -2.50. The van der Waals surface area contributed by atoms with Crippen molar-refractivity contribution in [2.45, 2.75) is 28.5 Å². The number of anilines is 2. The fourth-order valence-electron chi connectivity index (χ4n) is 7.91.